The third-order valence-corrected chi connectivity index (χ3v) is 3.79. The summed E-state index contributed by atoms with van der Waals surface area (Å²) in [5.41, 5.74) is 0.559. The van der Waals surface area contributed by atoms with Crippen LogP contribution in [0.5, 0.6) is 0 Å². The van der Waals surface area contributed by atoms with Crippen molar-refractivity contribution in [3.63, 3.8) is 0 Å². The average Bonchev–Trinajstić information content (AvgIpc) is 2.73. The topological polar surface area (TPSA) is 32.8 Å². The summed E-state index contributed by atoms with van der Waals surface area (Å²) in [6.07, 6.45) is 1.99. The van der Waals surface area contributed by atoms with Crippen molar-refractivity contribution in [2.45, 2.75) is 12.8 Å². The van der Waals surface area contributed by atoms with Crippen LogP contribution in [0.1, 0.15) is 23.2 Å². The summed E-state index contributed by atoms with van der Waals surface area (Å²) < 4.78 is 18.0. The van der Waals surface area contributed by atoms with Gasteiger partial charge in [0.2, 0.25) is 0 Å². The van der Waals surface area contributed by atoms with Crippen molar-refractivity contribution in [2.75, 3.05) is 46.4 Å². The minimum Gasteiger partial charge on any atom is -0.385 e. The highest BCUT2D eigenvalue weighted by molar-refractivity contribution is 5.94. The number of halogens is 1. The second kappa shape index (κ2) is 8.10. The van der Waals surface area contributed by atoms with Crippen molar-refractivity contribution in [3.8, 4) is 0 Å². The predicted molar refractivity (Wildman–Crippen MR) is 79.9 cm³/mol. The molecule has 0 radical (unpaired) electrons. The number of methoxy groups -OCH3 is 1. The van der Waals surface area contributed by atoms with E-state index in [1.807, 2.05) is 4.90 Å². The first-order valence-corrected chi connectivity index (χ1v) is 7.47. The Morgan fingerprint density at radius 2 is 1.95 bits per heavy atom. The highest BCUT2D eigenvalue weighted by atomic mass is 19.1. The second-order valence-electron chi connectivity index (χ2n) is 5.34. The smallest absolute Gasteiger partial charge is 0.253 e. The number of nitrogens with zero attached hydrogens (tertiary/aromatic N) is 2. The van der Waals surface area contributed by atoms with E-state index in [1.165, 1.54) is 12.1 Å². The molecule has 0 N–H and O–H groups in total. The zero-order chi connectivity index (χ0) is 15.1. The molecule has 21 heavy (non-hydrogen) atoms. The highest BCUT2D eigenvalue weighted by Gasteiger charge is 2.20. The quantitative estimate of drug-likeness (QED) is 0.779. The molecule has 0 unspecified atom stereocenters. The van der Waals surface area contributed by atoms with Crippen molar-refractivity contribution < 1.29 is 13.9 Å². The number of amides is 1. The van der Waals surface area contributed by atoms with Gasteiger partial charge in [0.05, 0.1) is 0 Å². The summed E-state index contributed by atoms with van der Waals surface area (Å²) >= 11 is 0. The molecule has 0 atom stereocenters. The van der Waals surface area contributed by atoms with Crippen LogP contribution in [-0.2, 0) is 4.74 Å². The molecule has 1 aliphatic rings. The third-order valence-electron chi connectivity index (χ3n) is 3.79. The molecule has 1 aliphatic heterocycles. The van der Waals surface area contributed by atoms with Crippen molar-refractivity contribution in [2.24, 2.45) is 0 Å². The van der Waals surface area contributed by atoms with Crippen LogP contribution in [0.2, 0.25) is 0 Å². The van der Waals surface area contributed by atoms with Gasteiger partial charge in [0.1, 0.15) is 5.82 Å². The largest absolute Gasteiger partial charge is 0.385 e. The molecule has 0 saturated carbocycles. The summed E-state index contributed by atoms with van der Waals surface area (Å²) in [6.45, 7) is 5.16. The van der Waals surface area contributed by atoms with Crippen LogP contribution in [0.25, 0.3) is 0 Å². The van der Waals surface area contributed by atoms with Gasteiger partial charge in [-0.15, -0.1) is 0 Å². The minimum atomic E-state index is -0.313. The fourth-order valence-corrected chi connectivity index (χ4v) is 2.61. The maximum Gasteiger partial charge on any atom is 0.253 e. The van der Waals surface area contributed by atoms with E-state index in [1.54, 1.807) is 19.2 Å². The van der Waals surface area contributed by atoms with E-state index >= 15 is 0 Å². The Hall–Kier alpha value is -1.46. The molecule has 1 heterocycles. The Morgan fingerprint density at radius 1 is 1.19 bits per heavy atom. The predicted octanol–water partition coefficient (Wildman–Crippen LogP) is 2.01. The number of hydrogen-bond donors (Lipinski definition) is 0. The van der Waals surface area contributed by atoms with Gasteiger partial charge in [-0.3, -0.25) is 4.79 Å². The molecule has 1 saturated heterocycles. The molecule has 4 nitrogen and oxygen atoms in total. The van der Waals surface area contributed by atoms with Crippen LogP contribution in [0.3, 0.4) is 0 Å². The van der Waals surface area contributed by atoms with Gasteiger partial charge >= 0.3 is 0 Å². The normalized spacial score (nSPS) is 16.8. The molecule has 1 fully saturated rings. The Morgan fingerprint density at radius 3 is 2.67 bits per heavy atom. The number of benzene rings is 1. The van der Waals surface area contributed by atoms with Gasteiger partial charge in [0, 0.05) is 45.5 Å². The van der Waals surface area contributed by atoms with Crippen LogP contribution in [0.15, 0.2) is 24.3 Å². The van der Waals surface area contributed by atoms with E-state index in [2.05, 4.69) is 4.90 Å². The van der Waals surface area contributed by atoms with E-state index in [9.17, 15) is 9.18 Å². The first-order chi connectivity index (χ1) is 10.2. The van der Waals surface area contributed by atoms with Crippen LogP contribution in [0, 0.1) is 5.82 Å². The first-order valence-electron chi connectivity index (χ1n) is 7.47. The fraction of sp³-hybridized carbons (Fsp3) is 0.562. The number of carbonyl (C=O) groups excluding carboxylic acids is 1. The maximum absolute atomic E-state index is 12.9. The van der Waals surface area contributed by atoms with E-state index in [0.717, 1.165) is 52.2 Å². The molecule has 5 heteroatoms. The van der Waals surface area contributed by atoms with E-state index in [-0.39, 0.29) is 11.7 Å². The van der Waals surface area contributed by atoms with Gasteiger partial charge in [-0.2, -0.15) is 0 Å². The Labute approximate surface area is 125 Å². The lowest BCUT2D eigenvalue weighted by atomic mass is 10.2. The molecule has 1 amide bonds. The van der Waals surface area contributed by atoms with Crippen LogP contribution in [0.4, 0.5) is 4.39 Å². The standard InChI is InChI=1S/C16H23FN2O2/c1-21-13-3-9-18-8-2-10-19(12-11-18)16(20)14-4-6-15(17)7-5-14/h4-7H,2-3,8-13H2,1H3. The highest BCUT2D eigenvalue weighted by Crippen LogP contribution is 2.10. The summed E-state index contributed by atoms with van der Waals surface area (Å²) in [4.78, 5) is 16.6. The number of hydrogen-bond acceptors (Lipinski definition) is 3. The lowest BCUT2D eigenvalue weighted by Crippen LogP contribution is -2.35. The zero-order valence-electron chi connectivity index (χ0n) is 12.6. The van der Waals surface area contributed by atoms with Crippen LogP contribution < -0.4 is 0 Å². The van der Waals surface area contributed by atoms with E-state index < -0.39 is 0 Å². The van der Waals surface area contributed by atoms with Gasteiger partial charge in [-0.25, -0.2) is 4.39 Å². The van der Waals surface area contributed by atoms with Crippen molar-refractivity contribution in [1.29, 1.82) is 0 Å². The average molecular weight is 294 g/mol. The fourth-order valence-electron chi connectivity index (χ4n) is 2.61. The van der Waals surface area contributed by atoms with Crippen LogP contribution >= 0.6 is 0 Å². The number of carbonyl (C=O) groups is 1. The molecule has 2 rings (SSSR count). The Balaban J connectivity index is 1.87. The van der Waals surface area contributed by atoms with Crippen molar-refractivity contribution in [1.82, 2.24) is 9.80 Å². The monoisotopic (exact) mass is 294 g/mol. The van der Waals surface area contributed by atoms with Gasteiger partial charge in [-0.1, -0.05) is 0 Å². The van der Waals surface area contributed by atoms with Crippen molar-refractivity contribution >= 4 is 5.91 Å². The molecule has 0 aliphatic carbocycles. The van der Waals surface area contributed by atoms with E-state index in [4.69, 9.17) is 4.74 Å². The molecule has 116 valence electrons. The SMILES string of the molecule is COCCCN1CCCN(C(=O)c2ccc(F)cc2)CC1. The number of ether oxygens (including phenoxy) is 1. The second-order valence-corrected chi connectivity index (χ2v) is 5.34. The maximum atomic E-state index is 12.9. The minimum absolute atomic E-state index is 0.00579. The molecule has 1 aromatic rings. The molecule has 1 aromatic carbocycles. The molecule has 0 spiro atoms. The van der Waals surface area contributed by atoms with Gasteiger partial charge in [-0.05, 0) is 43.7 Å². The lowest BCUT2D eigenvalue weighted by molar-refractivity contribution is 0.0760. The zero-order valence-corrected chi connectivity index (χ0v) is 12.6. The summed E-state index contributed by atoms with van der Waals surface area (Å²) in [7, 11) is 1.71. The molecular formula is C16H23FN2O2. The van der Waals surface area contributed by atoms with Gasteiger partial charge in [0.15, 0.2) is 0 Å². The first kappa shape index (κ1) is 15.9. The summed E-state index contributed by atoms with van der Waals surface area (Å²) in [5, 5.41) is 0. The Bertz CT molecular complexity index is 450. The molecular weight excluding hydrogens is 271 g/mol. The lowest BCUT2D eigenvalue weighted by Gasteiger charge is -2.22. The molecule has 0 bridgehead atoms. The van der Waals surface area contributed by atoms with Gasteiger partial charge < -0.3 is 14.5 Å². The van der Waals surface area contributed by atoms with Crippen LogP contribution in [-0.4, -0.2) is 62.1 Å². The Kier molecular flexibility index (Phi) is 6.14. The van der Waals surface area contributed by atoms with E-state index in [0.29, 0.717) is 5.56 Å². The van der Waals surface area contributed by atoms with Gasteiger partial charge in [0.25, 0.3) is 5.91 Å². The molecule has 0 aromatic heterocycles. The number of rotatable bonds is 5. The third kappa shape index (κ3) is 4.79. The summed E-state index contributed by atoms with van der Waals surface area (Å²) in [6, 6.07) is 5.78. The van der Waals surface area contributed by atoms with Crippen molar-refractivity contribution in [3.05, 3.63) is 35.6 Å². The summed E-state index contributed by atoms with van der Waals surface area (Å²) in [5.74, 6) is -0.319.